The molecule has 0 aromatic heterocycles. The first-order chi connectivity index (χ1) is 11.1. The van der Waals surface area contributed by atoms with Crippen LogP contribution in [0.15, 0.2) is 41.3 Å². The number of ether oxygens (including phenoxy) is 1. The molecule has 2 aromatic rings. The largest absolute Gasteiger partial charge is 0.502 e. The molecule has 0 bridgehead atoms. The number of hydrogen-bond acceptors (Lipinski definition) is 4. The Morgan fingerprint density at radius 2 is 1.62 bits per heavy atom. The van der Waals surface area contributed by atoms with Gasteiger partial charge in [0.2, 0.25) is 0 Å². The molecule has 0 spiro atoms. The van der Waals surface area contributed by atoms with Crippen LogP contribution < -0.4 is 4.74 Å². The Hall–Kier alpha value is -2.67. The summed E-state index contributed by atoms with van der Waals surface area (Å²) >= 11 is 0. The SMILES string of the molecule is N#Cc1ccc(Oc2ccc(F)cc2S(=O)(=O)C(F)(F)F)c(F)c1. The third-order valence-electron chi connectivity index (χ3n) is 2.78. The van der Waals surface area contributed by atoms with Crippen LogP contribution >= 0.6 is 0 Å². The molecular weight excluding hydrogens is 357 g/mol. The van der Waals surface area contributed by atoms with Gasteiger partial charge in [0.15, 0.2) is 11.6 Å². The number of nitriles is 1. The topological polar surface area (TPSA) is 67.2 Å². The molecule has 4 nitrogen and oxygen atoms in total. The van der Waals surface area contributed by atoms with Crippen LogP contribution in [0.5, 0.6) is 11.5 Å². The predicted molar refractivity (Wildman–Crippen MR) is 70.8 cm³/mol. The van der Waals surface area contributed by atoms with E-state index >= 15 is 0 Å². The fourth-order valence-electron chi connectivity index (χ4n) is 1.67. The molecule has 0 amide bonds. The maximum atomic E-state index is 13.7. The number of alkyl halides is 3. The number of nitrogens with zero attached hydrogens (tertiary/aromatic N) is 1. The molecule has 0 atom stereocenters. The highest BCUT2D eigenvalue weighted by molar-refractivity contribution is 7.92. The molecule has 0 heterocycles. The predicted octanol–water partition coefficient (Wildman–Crippen LogP) is 3.92. The molecule has 126 valence electrons. The van der Waals surface area contributed by atoms with Crippen LogP contribution in [-0.4, -0.2) is 13.9 Å². The molecule has 0 saturated carbocycles. The minimum absolute atomic E-state index is 0.0814. The van der Waals surface area contributed by atoms with Crippen LogP contribution in [0.1, 0.15) is 5.56 Å². The van der Waals surface area contributed by atoms with E-state index in [1.807, 2.05) is 0 Å². The minimum atomic E-state index is -5.92. The minimum Gasteiger partial charge on any atom is -0.453 e. The van der Waals surface area contributed by atoms with Gasteiger partial charge in [-0.25, -0.2) is 17.2 Å². The van der Waals surface area contributed by atoms with Gasteiger partial charge in [0.1, 0.15) is 16.5 Å². The van der Waals surface area contributed by atoms with Crippen molar-refractivity contribution in [1.82, 2.24) is 0 Å². The highest BCUT2D eigenvalue weighted by atomic mass is 32.2. The summed E-state index contributed by atoms with van der Waals surface area (Å²) in [6.45, 7) is 0. The van der Waals surface area contributed by atoms with Gasteiger partial charge < -0.3 is 4.74 Å². The van der Waals surface area contributed by atoms with Crippen molar-refractivity contribution in [2.24, 2.45) is 0 Å². The Labute approximate surface area is 132 Å². The summed E-state index contributed by atoms with van der Waals surface area (Å²) in [5.41, 5.74) is -5.77. The van der Waals surface area contributed by atoms with Gasteiger partial charge in [-0.05, 0) is 36.4 Å². The quantitative estimate of drug-likeness (QED) is 0.775. The lowest BCUT2D eigenvalue weighted by Gasteiger charge is -2.14. The van der Waals surface area contributed by atoms with E-state index in [4.69, 9.17) is 10.00 Å². The maximum Gasteiger partial charge on any atom is 0.502 e. The summed E-state index contributed by atoms with van der Waals surface area (Å²) < 4.78 is 92.8. The third kappa shape index (κ3) is 3.30. The summed E-state index contributed by atoms with van der Waals surface area (Å²) in [6, 6.07) is 5.84. The van der Waals surface area contributed by atoms with Gasteiger partial charge in [-0.15, -0.1) is 0 Å². The Morgan fingerprint density at radius 3 is 2.17 bits per heavy atom. The monoisotopic (exact) mass is 363 g/mol. The van der Waals surface area contributed by atoms with Gasteiger partial charge in [-0.2, -0.15) is 18.4 Å². The molecule has 0 aliphatic rings. The highest BCUT2D eigenvalue weighted by Crippen LogP contribution is 2.38. The average molecular weight is 363 g/mol. The van der Waals surface area contributed by atoms with Crippen LogP contribution in [0.25, 0.3) is 0 Å². The van der Waals surface area contributed by atoms with E-state index in [0.717, 1.165) is 18.2 Å². The zero-order chi connectivity index (χ0) is 18.1. The zero-order valence-electron chi connectivity index (χ0n) is 11.4. The third-order valence-corrected chi connectivity index (χ3v) is 4.29. The molecule has 0 N–H and O–H groups in total. The number of rotatable bonds is 3. The van der Waals surface area contributed by atoms with Crippen molar-refractivity contribution in [3.05, 3.63) is 53.6 Å². The second-order valence-electron chi connectivity index (χ2n) is 4.40. The van der Waals surface area contributed by atoms with E-state index in [2.05, 4.69) is 0 Å². The van der Waals surface area contributed by atoms with E-state index in [9.17, 15) is 30.4 Å². The van der Waals surface area contributed by atoms with Crippen molar-refractivity contribution in [2.45, 2.75) is 10.4 Å². The van der Waals surface area contributed by atoms with E-state index < -0.39 is 43.4 Å². The molecule has 0 saturated heterocycles. The molecule has 0 aliphatic carbocycles. The molecule has 0 unspecified atom stereocenters. The molecule has 2 rings (SSSR count). The van der Waals surface area contributed by atoms with Crippen LogP contribution in [-0.2, 0) is 9.84 Å². The highest BCUT2D eigenvalue weighted by Gasteiger charge is 2.48. The van der Waals surface area contributed by atoms with Crippen molar-refractivity contribution in [1.29, 1.82) is 5.26 Å². The molecule has 2 aromatic carbocycles. The molecular formula is C14H6F5NO3S. The van der Waals surface area contributed by atoms with Gasteiger partial charge >= 0.3 is 5.51 Å². The molecule has 24 heavy (non-hydrogen) atoms. The Bertz CT molecular complexity index is 932. The summed E-state index contributed by atoms with van der Waals surface area (Å²) in [7, 11) is -5.92. The molecule has 0 radical (unpaired) electrons. The zero-order valence-corrected chi connectivity index (χ0v) is 12.3. The summed E-state index contributed by atoms with van der Waals surface area (Å²) in [5, 5.41) is 8.61. The van der Waals surface area contributed by atoms with Crippen LogP contribution in [0.4, 0.5) is 22.0 Å². The fourth-order valence-corrected chi connectivity index (χ4v) is 2.56. The Morgan fingerprint density at radius 1 is 1.00 bits per heavy atom. The number of benzene rings is 2. The number of hydrogen-bond donors (Lipinski definition) is 0. The van der Waals surface area contributed by atoms with Crippen molar-refractivity contribution in [3.8, 4) is 17.6 Å². The second-order valence-corrected chi connectivity index (χ2v) is 6.31. The maximum absolute atomic E-state index is 13.7. The first-order valence-corrected chi connectivity index (χ1v) is 7.53. The fraction of sp³-hybridized carbons (Fsp3) is 0.0714. The standard InChI is InChI=1S/C14H6F5NO3S/c15-9-2-4-12(13(6-9)24(21,22)14(17,18)19)23-11-3-1-8(7-20)5-10(11)16/h1-6H. The Balaban J connectivity index is 2.56. The average Bonchev–Trinajstić information content (AvgIpc) is 2.49. The first-order valence-electron chi connectivity index (χ1n) is 6.04. The molecule has 0 fully saturated rings. The molecule has 0 aliphatic heterocycles. The van der Waals surface area contributed by atoms with E-state index in [0.29, 0.717) is 12.1 Å². The van der Waals surface area contributed by atoms with Crippen LogP contribution in [0, 0.1) is 23.0 Å². The van der Waals surface area contributed by atoms with Crippen molar-refractivity contribution in [3.63, 3.8) is 0 Å². The van der Waals surface area contributed by atoms with Gasteiger partial charge in [-0.1, -0.05) is 0 Å². The summed E-state index contributed by atoms with van der Waals surface area (Å²) in [4.78, 5) is -1.49. The van der Waals surface area contributed by atoms with Gasteiger partial charge in [0, 0.05) is 0 Å². The lowest BCUT2D eigenvalue weighted by atomic mass is 10.2. The van der Waals surface area contributed by atoms with Crippen molar-refractivity contribution < 1.29 is 35.1 Å². The van der Waals surface area contributed by atoms with Crippen molar-refractivity contribution >= 4 is 9.84 Å². The van der Waals surface area contributed by atoms with Crippen LogP contribution in [0.3, 0.4) is 0 Å². The molecule has 10 heteroatoms. The summed E-state index contributed by atoms with van der Waals surface area (Å²) in [6.07, 6.45) is 0. The van der Waals surface area contributed by atoms with Gasteiger partial charge in [0.25, 0.3) is 9.84 Å². The number of sulfone groups is 1. The lowest BCUT2D eigenvalue weighted by molar-refractivity contribution is -0.0437. The normalized spacial score (nSPS) is 11.8. The lowest BCUT2D eigenvalue weighted by Crippen LogP contribution is -2.23. The van der Waals surface area contributed by atoms with E-state index in [-0.39, 0.29) is 11.6 Å². The van der Waals surface area contributed by atoms with Crippen molar-refractivity contribution in [2.75, 3.05) is 0 Å². The van der Waals surface area contributed by atoms with E-state index in [1.165, 1.54) is 0 Å². The Kier molecular flexibility index (Phi) is 4.48. The number of halogens is 5. The summed E-state index contributed by atoms with van der Waals surface area (Å²) in [5.74, 6) is -3.88. The van der Waals surface area contributed by atoms with Gasteiger partial charge in [-0.3, -0.25) is 0 Å². The first kappa shape index (κ1) is 17.7. The second kappa shape index (κ2) is 6.09. The van der Waals surface area contributed by atoms with E-state index in [1.54, 1.807) is 6.07 Å². The van der Waals surface area contributed by atoms with Crippen LogP contribution in [0.2, 0.25) is 0 Å². The smallest absolute Gasteiger partial charge is 0.453 e. The van der Waals surface area contributed by atoms with Gasteiger partial charge in [0.05, 0.1) is 11.6 Å².